The van der Waals surface area contributed by atoms with Crippen molar-refractivity contribution < 1.29 is 9.94 Å². The first kappa shape index (κ1) is 15.3. The van der Waals surface area contributed by atoms with Crippen LogP contribution in [0.4, 0.5) is 0 Å². The zero-order valence-electron chi connectivity index (χ0n) is 13.2. The zero-order valence-corrected chi connectivity index (χ0v) is 13.2. The van der Waals surface area contributed by atoms with Gasteiger partial charge < -0.3 is 9.94 Å². The van der Waals surface area contributed by atoms with E-state index in [2.05, 4.69) is 43.4 Å². The maximum atomic E-state index is 9.62. The Morgan fingerprint density at radius 2 is 2.23 bits per heavy atom. The van der Waals surface area contributed by atoms with Crippen LogP contribution >= 0.6 is 0 Å². The fourth-order valence-electron chi connectivity index (χ4n) is 3.40. The molecule has 3 heteroatoms. The van der Waals surface area contributed by atoms with E-state index in [1.165, 1.54) is 16.2 Å². The van der Waals surface area contributed by atoms with Gasteiger partial charge in [-0.1, -0.05) is 37.3 Å². The topological polar surface area (TPSA) is 32.7 Å². The Bertz CT molecular complexity index is 564. The molecule has 0 unspecified atom stereocenters. The number of ether oxygens (including phenoxy) is 1. The van der Waals surface area contributed by atoms with Crippen LogP contribution in [-0.4, -0.2) is 30.0 Å². The standard InChI is InChI=1S/C19H25NO2/c1-15-13-20(21)11-10-19(15)17-8-5-9-18(12-17)22-14-16-6-3-2-4-7-16/h3,5-9,12,15,19,21H,2,4,10-11,13-14H2,1H3/t15-,19+/m0/s1. The van der Waals surface area contributed by atoms with Crippen LogP contribution in [-0.2, 0) is 0 Å². The molecule has 1 heterocycles. The molecule has 0 amide bonds. The Balaban J connectivity index is 1.64. The predicted octanol–water partition coefficient (Wildman–Crippen LogP) is 4.16. The first-order valence-electron chi connectivity index (χ1n) is 8.24. The average molecular weight is 299 g/mol. The minimum absolute atomic E-state index is 0.456. The van der Waals surface area contributed by atoms with Crippen LogP contribution < -0.4 is 4.74 Å². The lowest BCUT2D eigenvalue weighted by Crippen LogP contribution is -2.35. The van der Waals surface area contributed by atoms with E-state index in [4.69, 9.17) is 4.74 Å². The molecule has 0 saturated carbocycles. The monoisotopic (exact) mass is 299 g/mol. The molecule has 1 fully saturated rings. The number of benzene rings is 1. The second-order valence-corrected chi connectivity index (χ2v) is 6.41. The van der Waals surface area contributed by atoms with Gasteiger partial charge in [0.1, 0.15) is 12.4 Å². The Morgan fingerprint density at radius 1 is 1.32 bits per heavy atom. The lowest BCUT2D eigenvalue weighted by molar-refractivity contribution is -0.119. The van der Waals surface area contributed by atoms with E-state index in [-0.39, 0.29) is 0 Å². The van der Waals surface area contributed by atoms with E-state index in [1.807, 2.05) is 6.07 Å². The summed E-state index contributed by atoms with van der Waals surface area (Å²) in [5, 5.41) is 11.1. The van der Waals surface area contributed by atoms with Gasteiger partial charge in [0.05, 0.1) is 0 Å². The van der Waals surface area contributed by atoms with Crippen LogP contribution in [0.15, 0.2) is 48.1 Å². The molecule has 3 nitrogen and oxygen atoms in total. The molecule has 1 aromatic rings. The minimum atomic E-state index is 0.456. The Morgan fingerprint density at radius 3 is 3.00 bits per heavy atom. The highest BCUT2D eigenvalue weighted by Crippen LogP contribution is 2.33. The van der Waals surface area contributed by atoms with Gasteiger partial charge in [-0.05, 0) is 54.4 Å². The van der Waals surface area contributed by atoms with Gasteiger partial charge in [-0.3, -0.25) is 0 Å². The van der Waals surface area contributed by atoms with Crippen molar-refractivity contribution in [1.82, 2.24) is 5.06 Å². The molecule has 118 valence electrons. The summed E-state index contributed by atoms with van der Waals surface area (Å²) in [5.74, 6) is 1.90. The average Bonchev–Trinajstić information content (AvgIpc) is 2.54. The van der Waals surface area contributed by atoms with Gasteiger partial charge in [-0.25, -0.2) is 0 Å². The van der Waals surface area contributed by atoms with Crippen molar-refractivity contribution in [3.8, 4) is 5.75 Å². The van der Waals surface area contributed by atoms with Crippen molar-refractivity contribution >= 4 is 0 Å². The number of hydrogen-bond donors (Lipinski definition) is 1. The summed E-state index contributed by atoms with van der Waals surface area (Å²) < 4.78 is 5.95. The van der Waals surface area contributed by atoms with Crippen LogP contribution in [0.1, 0.15) is 37.7 Å². The number of piperidine rings is 1. The number of allylic oxidation sites excluding steroid dienone is 2. The van der Waals surface area contributed by atoms with Crippen molar-refractivity contribution in [2.45, 2.75) is 32.1 Å². The van der Waals surface area contributed by atoms with Gasteiger partial charge in [-0.15, -0.1) is 0 Å². The molecule has 1 aliphatic carbocycles. The van der Waals surface area contributed by atoms with Crippen LogP contribution in [0.2, 0.25) is 0 Å². The van der Waals surface area contributed by atoms with Crippen LogP contribution in [0.25, 0.3) is 0 Å². The van der Waals surface area contributed by atoms with Gasteiger partial charge in [-0.2, -0.15) is 5.06 Å². The third-order valence-electron chi connectivity index (χ3n) is 4.65. The van der Waals surface area contributed by atoms with Crippen molar-refractivity contribution in [2.24, 2.45) is 5.92 Å². The lowest BCUT2D eigenvalue weighted by Gasteiger charge is -2.33. The van der Waals surface area contributed by atoms with E-state index in [0.717, 1.165) is 38.1 Å². The van der Waals surface area contributed by atoms with Crippen LogP contribution in [0.5, 0.6) is 5.75 Å². The van der Waals surface area contributed by atoms with Crippen molar-refractivity contribution in [1.29, 1.82) is 0 Å². The molecular formula is C19H25NO2. The molecular weight excluding hydrogens is 274 g/mol. The van der Waals surface area contributed by atoms with E-state index in [1.54, 1.807) is 0 Å². The first-order valence-corrected chi connectivity index (χ1v) is 8.24. The third-order valence-corrected chi connectivity index (χ3v) is 4.65. The summed E-state index contributed by atoms with van der Waals surface area (Å²) in [6.45, 7) is 4.34. The van der Waals surface area contributed by atoms with Gasteiger partial charge >= 0.3 is 0 Å². The van der Waals surface area contributed by atoms with Crippen molar-refractivity contribution in [2.75, 3.05) is 19.7 Å². The quantitative estimate of drug-likeness (QED) is 0.906. The molecule has 0 aromatic heterocycles. The van der Waals surface area contributed by atoms with E-state index in [9.17, 15) is 5.21 Å². The van der Waals surface area contributed by atoms with Gasteiger partial charge in [0.2, 0.25) is 0 Å². The first-order chi connectivity index (χ1) is 10.7. The molecule has 1 aliphatic heterocycles. The molecule has 1 saturated heterocycles. The summed E-state index contributed by atoms with van der Waals surface area (Å²) >= 11 is 0. The molecule has 1 N–H and O–H groups in total. The third kappa shape index (κ3) is 3.79. The Labute approximate surface area is 132 Å². The molecule has 0 radical (unpaired) electrons. The number of nitrogens with zero attached hydrogens (tertiary/aromatic N) is 1. The molecule has 3 rings (SSSR count). The fourth-order valence-corrected chi connectivity index (χ4v) is 3.40. The van der Waals surface area contributed by atoms with Gasteiger partial charge in [0.15, 0.2) is 0 Å². The predicted molar refractivity (Wildman–Crippen MR) is 88.3 cm³/mol. The summed E-state index contributed by atoms with van der Waals surface area (Å²) in [5.41, 5.74) is 2.59. The largest absolute Gasteiger partial charge is 0.489 e. The molecule has 0 spiro atoms. The molecule has 2 aliphatic rings. The highest BCUT2D eigenvalue weighted by Gasteiger charge is 2.26. The summed E-state index contributed by atoms with van der Waals surface area (Å²) in [6, 6.07) is 8.46. The second-order valence-electron chi connectivity index (χ2n) is 6.41. The summed E-state index contributed by atoms with van der Waals surface area (Å²) in [6.07, 6.45) is 9.87. The highest BCUT2D eigenvalue weighted by atomic mass is 16.5. The zero-order chi connectivity index (χ0) is 15.4. The SMILES string of the molecule is C[C@H]1CN(O)CC[C@H]1c1cccc(OCC2=CCCC=C2)c1. The normalized spacial score (nSPS) is 25.8. The number of hydrogen-bond acceptors (Lipinski definition) is 3. The van der Waals surface area contributed by atoms with E-state index in [0.29, 0.717) is 18.4 Å². The van der Waals surface area contributed by atoms with Crippen LogP contribution in [0, 0.1) is 5.92 Å². The summed E-state index contributed by atoms with van der Waals surface area (Å²) in [4.78, 5) is 0. The smallest absolute Gasteiger partial charge is 0.120 e. The van der Waals surface area contributed by atoms with Crippen molar-refractivity contribution in [3.05, 3.63) is 53.6 Å². The Hall–Kier alpha value is -1.58. The molecule has 0 bridgehead atoms. The highest BCUT2D eigenvalue weighted by molar-refractivity contribution is 5.32. The van der Waals surface area contributed by atoms with Gasteiger partial charge in [0, 0.05) is 13.1 Å². The van der Waals surface area contributed by atoms with E-state index < -0.39 is 0 Å². The lowest BCUT2D eigenvalue weighted by atomic mass is 9.82. The molecule has 1 aromatic carbocycles. The van der Waals surface area contributed by atoms with Crippen LogP contribution in [0.3, 0.4) is 0 Å². The Kier molecular flexibility index (Phi) is 4.96. The van der Waals surface area contributed by atoms with Crippen molar-refractivity contribution in [3.63, 3.8) is 0 Å². The molecule has 2 atom stereocenters. The molecule has 22 heavy (non-hydrogen) atoms. The minimum Gasteiger partial charge on any atom is -0.489 e. The maximum absolute atomic E-state index is 9.62. The fraction of sp³-hybridized carbons (Fsp3) is 0.474. The second kappa shape index (κ2) is 7.12. The maximum Gasteiger partial charge on any atom is 0.120 e. The number of rotatable bonds is 4. The van der Waals surface area contributed by atoms with Gasteiger partial charge in [0.25, 0.3) is 0 Å². The summed E-state index contributed by atoms with van der Waals surface area (Å²) in [7, 11) is 0. The number of hydroxylamine groups is 2. The van der Waals surface area contributed by atoms with E-state index >= 15 is 0 Å².